The van der Waals surface area contributed by atoms with Gasteiger partial charge in [-0.15, -0.1) is 5.10 Å². The Kier molecular flexibility index (Phi) is 3.30. The van der Waals surface area contributed by atoms with Gasteiger partial charge in [-0.25, -0.2) is 0 Å². The molecule has 3 heterocycles. The van der Waals surface area contributed by atoms with E-state index >= 15 is 0 Å². The molecular formula is C13H20N4OS. The zero-order chi connectivity index (χ0) is 13.6. The highest BCUT2D eigenvalue weighted by Gasteiger charge is 2.43. The largest absolute Gasteiger partial charge is 0.332 e. The molecule has 2 bridgehead atoms. The SMILES string of the molecule is CC(C)c1nnsc1C(=O)N1C2CCC1CC(N)C2. The lowest BCUT2D eigenvalue weighted by Gasteiger charge is -2.37. The number of piperidine rings is 1. The van der Waals surface area contributed by atoms with E-state index in [0.717, 1.165) is 36.3 Å². The molecule has 0 aliphatic carbocycles. The van der Waals surface area contributed by atoms with Gasteiger partial charge in [0.1, 0.15) is 4.88 Å². The van der Waals surface area contributed by atoms with Crippen LogP contribution in [-0.2, 0) is 0 Å². The molecule has 6 heteroatoms. The maximum Gasteiger partial charge on any atom is 0.268 e. The molecule has 2 N–H and O–H groups in total. The first-order valence-electron chi connectivity index (χ1n) is 6.98. The summed E-state index contributed by atoms with van der Waals surface area (Å²) in [6.45, 7) is 4.10. The van der Waals surface area contributed by atoms with Crippen LogP contribution in [0, 0.1) is 0 Å². The monoisotopic (exact) mass is 280 g/mol. The lowest BCUT2D eigenvalue weighted by atomic mass is 9.97. The highest BCUT2D eigenvalue weighted by molar-refractivity contribution is 7.08. The van der Waals surface area contributed by atoms with Crippen molar-refractivity contribution in [1.82, 2.24) is 14.5 Å². The molecule has 19 heavy (non-hydrogen) atoms. The topological polar surface area (TPSA) is 72.1 Å². The van der Waals surface area contributed by atoms with Gasteiger partial charge < -0.3 is 10.6 Å². The standard InChI is InChI=1S/C13H20N4OS/c1-7(2)11-12(19-16-15-11)13(18)17-9-3-4-10(17)6-8(14)5-9/h7-10H,3-6,14H2,1-2H3. The van der Waals surface area contributed by atoms with E-state index in [4.69, 9.17) is 5.73 Å². The minimum atomic E-state index is 0.123. The summed E-state index contributed by atoms with van der Waals surface area (Å²) < 4.78 is 3.96. The Hall–Kier alpha value is -1.01. The van der Waals surface area contributed by atoms with Crippen molar-refractivity contribution < 1.29 is 4.79 Å². The Morgan fingerprint density at radius 3 is 2.58 bits per heavy atom. The zero-order valence-electron chi connectivity index (χ0n) is 11.4. The molecule has 1 aromatic rings. The average molecular weight is 280 g/mol. The second-order valence-electron chi connectivity index (χ2n) is 5.97. The van der Waals surface area contributed by atoms with Crippen molar-refractivity contribution in [2.45, 2.75) is 63.6 Å². The first kappa shape index (κ1) is 13.0. The molecule has 2 aliphatic heterocycles. The van der Waals surface area contributed by atoms with Crippen LogP contribution >= 0.6 is 11.5 Å². The van der Waals surface area contributed by atoms with E-state index in [1.54, 1.807) is 0 Å². The van der Waals surface area contributed by atoms with Crippen molar-refractivity contribution >= 4 is 17.4 Å². The maximum atomic E-state index is 12.8. The summed E-state index contributed by atoms with van der Waals surface area (Å²) in [7, 11) is 0. The van der Waals surface area contributed by atoms with E-state index in [1.165, 1.54) is 11.5 Å². The maximum absolute atomic E-state index is 12.8. The van der Waals surface area contributed by atoms with Gasteiger partial charge in [-0.1, -0.05) is 18.3 Å². The van der Waals surface area contributed by atoms with E-state index in [1.807, 2.05) is 13.8 Å². The lowest BCUT2D eigenvalue weighted by molar-refractivity contribution is 0.0578. The van der Waals surface area contributed by atoms with Crippen molar-refractivity contribution in [3.63, 3.8) is 0 Å². The van der Waals surface area contributed by atoms with Crippen LogP contribution in [0.3, 0.4) is 0 Å². The second kappa shape index (κ2) is 4.83. The van der Waals surface area contributed by atoms with Crippen LogP contribution in [0.5, 0.6) is 0 Å². The number of nitrogens with two attached hydrogens (primary N) is 1. The molecular weight excluding hydrogens is 260 g/mol. The molecule has 2 aliphatic rings. The van der Waals surface area contributed by atoms with Crippen LogP contribution in [0.15, 0.2) is 0 Å². The molecule has 104 valence electrons. The number of carbonyl (C=O) groups is 1. The fourth-order valence-corrected chi connectivity index (χ4v) is 4.16. The fraction of sp³-hybridized carbons (Fsp3) is 0.769. The second-order valence-corrected chi connectivity index (χ2v) is 6.73. The van der Waals surface area contributed by atoms with Gasteiger partial charge in [-0.2, -0.15) is 0 Å². The van der Waals surface area contributed by atoms with Crippen LogP contribution in [-0.4, -0.2) is 38.5 Å². The summed E-state index contributed by atoms with van der Waals surface area (Å²) in [4.78, 5) is 15.6. The third kappa shape index (κ3) is 2.17. The van der Waals surface area contributed by atoms with E-state index in [-0.39, 0.29) is 17.9 Å². The first-order valence-corrected chi connectivity index (χ1v) is 7.75. The Labute approximate surface area is 117 Å². The molecule has 0 aromatic carbocycles. The Bertz CT molecular complexity index is 473. The van der Waals surface area contributed by atoms with E-state index in [2.05, 4.69) is 14.5 Å². The Morgan fingerprint density at radius 1 is 1.37 bits per heavy atom. The third-order valence-corrected chi connectivity index (χ3v) is 4.99. The number of rotatable bonds is 2. The van der Waals surface area contributed by atoms with Crippen molar-refractivity contribution in [1.29, 1.82) is 0 Å². The highest BCUT2D eigenvalue weighted by atomic mass is 32.1. The zero-order valence-corrected chi connectivity index (χ0v) is 12.2. The number of amides is 1. The molecule has 5 nitrogen and oxygen atoms in total. The number of nitrogens with zero attached hydrogens (tertiary/aromatic N) is 3. The summed E-state index contributed by atoms with van der Waals surface area (Å²) in [5.41, 5.74) is 6.89. The van der Waals surface area contributed by atoms with Gasteiger partial charge in [0, 0.05) is 18.1 Å². The van der Waals surface area contributed by atoms with Gasteiger partial charge in [0.15, 0.2) is 0 Å². The number of hydrogen-bond acceptors (Lipinski definition) is 5. The summed E-state index contributed by atoms with van der Waals surface area (Å²) >= 11 is 1.23. The number of fused-ring (bicyclic) bond motifs is 2. The average Bonchev–Trinajstić information content (AvgIpc) is 2.92. The van der Waals surface area contributed by atoms with E-state index in [9.17, 15) is 4.79 Å². The minimum Gasteiger partial charge on any atom is -0.332 e. The molecule has 2 atom stereocenters. The van der Waals surface area contributed by atoms with Gasteiger partial charge in [-0.05, 0) is 43.1 Å². The quantitative estimate of drug-likeness (QED) is 0.896. The van der Waals surface area contributed by atoms with Crippen molar-refractivity contribution in [2.24, 2.45) is 5.73 Å². The number of carbonyl (C=O) groups excluding carboxylic acids is 1. The van der Waals surface area contributed by atoms with E-state index < -0.39 is 0 Å². The molecule has 2 unspecified atom stereocenters. The molecule has 1 aromatic heterocycles. The molecule has 2 fully saturated rings. The Balaban J connectivity index is 1.87. The molecule has 2 saturated heterocycles. The fourth-order valence-electron chi connectivity index (χ4n) is 3.39. The number of aromatic nitrogens is 2. The highest BCUT2D eigenvalue weighted by Crippen LogP contribution is 2.37. The molecule has 0 radical (unpaired) electrons. The Morgan fingerprint density at radius 2 is 2.00 bits per heavy atom. The third-order valence-electron chi connectivity index (χ3n) is 4.26. The number of hydrogen-bond donors (Lipinski definition) is 1. The first-order chi connectivity index (χ1) is 9.08. The van der Waals surface area contributed by atoms with Gasteiger partial charge in [0.05, 0.1) is 5.69 Å². The lowest BCUT2D eigenvalue weighted by Crippen LogP contribution is -2.50. The van der Waals surface area contributed by atoms with Crippen LogP contribution in [0.4, 0.5) is 0 Å². The summed E-state index contributed by atoms with van der Waals surface area (Å²) in [5, 5.41) is 4.11. The van der Waals surface area contributed by atoms with Crippen molar-refractivity contribution in [3.8, 4) is 0 Å². The predicted octanol–water partition coefficient (Wildman–Crippen LogP) is 1.76. The van der Waals surface area contributed by atoms with Gasteiger partial charge in [-0.3, -0.25) is 4.79 Å². The molecule has 3 rings (SSSR count). The van der Waals surface area contributed by atoms with E-state index in [0.29, 0.717) is 12.1 Å². The molecule has 1 amide bonds. The molecule has 0 spiro atoms. The summed E-state index contributed by atoms with van der Waals surface area (Å²) in [6.07, 6.45) is 4.05. The van der Waals surface area contributed by atoms with Crippen molar-refractivity contribution in [2.75, 3.05) is 0 Å². The predicted molar refractivity (Wildman–Crippen MR) is 74.2 cm³/mol. The van der Waals surface area contributed by atoms with Gasteiger partial charge in [0.25, 0.3) is 5.91 Å². The van der Waals surface area contributed by atoms with Crippen LogP contribution < -0.4 is 5.73 Å². The van der Waals surface area contributed by atoms with Crippen LogP contribution in [0.2, 0.25) is 0 Å². The van der Waals surface area contributed by atoms with Crippen LogP contribution in [0.1, 0.15) is 60.8 Å². The molecule has 0 saturated carbocycles. The summed E-state index contributed by atoms with van der Waals surface area (Å²) in [6, 6.07) is 0.900. The van der Waals surface area contributed by atoms with Crippen LogP contribution in [0.25, 0.3) is 0 Å². The minimum absolute atomic E-state index is 0.123. The van der Waals surface area contributed by atoms with Gasteiger partial charge >= 0.3 is 0 Å². The summed E-state index contributed by atoms with van der Waals surface area (Å²) in [5.74, 6) is 0.362. The normalized spacial score (nSPS) is 30.1. The smallest absolute Gasteiger partial charge is 0.268 e. The van der Waals surface area contributed by atoms with Gasteiger partial charge in [0.2, 0.25) is 0 Å². The van der Waals surface area contributed by atoms with Crippen molar-refractivity contribution in [3.05, 3.63) is 10.6 Å².